The van der Waals surface area contributed by atoms with E-state index >= 15 is 0 Å². The number of hydrogen-bond donors (Lipinski definition) is 0. The van der Waals surface area contributed by atoms with Crippen molar-refractivity contribution < 1.29 is 18.7 Å². The number of methoxy groups -OCH3 is 1. The third kappa shape index (κ3) is 5.71. The van der Waals surface area contributed by atoms with E-state index in [9.17, 15) is 9.18 Å². The molecular formula is C13H16BrFO3. The lowest BCUT2D eigenvalue weighted by Crippen LogP contribution is -2.10. The third-order valence-electron chi connectivity index (χ3n) is 2.35. The molecule has 0 aliphatic rings. The Labute approximate surface area is 114 Å². The van der Waals surface area contributed by atoms with Crippen molar-refractivity contribution in [2.75, 3.05) is 26.9 Å². The summed E-state index contributed by atoms with van der Waals surface area (Å²) in [6.07, 6.45) is 0.540. The van der Waals surface area contributed by atoms with Gasteiger partial charge < -0.3 is 9.47 Å². The monoisotopic (exact) mass is 318 g/mol. The first-order chi connectivity index (χ1) is 8.63. The Morgan fingerprint density at radius 3 is 2.83 bits per heavy atom. The maximum Gasteiger partial charge on any atom is 0.139 e. The van der Waals surface area contributed by atoms with Crippen molar-refractivity contribution >= 4 is 21.7 Å². The number of carbonyl (C=O) groups is 1. The Morgan fingerprint density at radius 2 is 2.11 bits per heavy atom. The smallest absolute Gasteiger partial charge is 0.139 e. The minimum Gasteiger partial charge on any atom is -0.382 e. The third-order valence-corrected chi connectivity index (χ3v) is 3.13. The van der Waals surface area contributed by atoms with Gasteiger partial charge in [-0.15, -0.1) is 0 Å². The normalized spacial score (nSPS) is 10.6. The van der Waals surface area contributed by atoms with E-state index in [1.165, 1.54) is 12.1 Å². The van der Waals surface area contributed by atoms with Crippen molar-refractivity contribution in [1.29, 1.82) is 0 Å². The predicted octanol–water partition coefficient (Wildman–Crippen LogP) is 2.75. The predicted molar refractivity (Wildman–Crippen MR) is 70.1 cm³/mol. The molecule has 0 bridgehead atoms. The molecule has 0 N–H and O–H groups in total. The fourth-order valence-corrected chi connectivity index (χ4v) is 1.80. The van der Waals surface area contributed by atoms with Crippen LogP contribution in [-0.2, 0) is 20.7 Å². The van der Waals surface area contributed by atoms with Crippen molar-refractivity contribution in [2.24, 2.45) is 0 Å². The Balaban J connectivity index is 2.33. The maximum absolute atomic E-state index is 13.0. The van der Waals surface area contributed by atoms with E-state index in [0.717, 1.165) is 4.47 Å². The highest BCUT2D eigenvalue weighted by Gasteiger charge is 2.08. The molecule has 0 aliphatic heterocycles. The van der Waals surface area contributed by atoms with Crippen molar-refractivity contribution in [1.82, 2.24) is 0 Å². The van der Waals surface area contributed by atoms with E-state index in [-0.39, 0.29) is 18.0 Å². The SMILES string of the molecule is COCCOCCC(=O)Cc1cc(F)ccc1Br. The quantitative estimate of drug-likeness (QED) is 0.691. The van der Waals surface area contributed by atoms with Gasteiger partial charge in [0.25, 0.3) is 0 Å². The summed E-state index contributed by atoms with van der Waals surface area (Å²) in [4.78, 5) is 11.7. The van der Waals surface area contributed by atoms with Crippen LogP contribution in [0.4, 0.5) is 4.39 Å². The Bertz CT molecular complexity index is 396. The van der Waals surface area contributed by atoms with E-state index in [0.29, 0.717) is 31.8 Å². The topological polar surface area (TPSA) is 35.5 Å². The first kappa shape index (κ1) is 15.3. The first-order valence-electron chi connectivity index (χ1n) is 5.66. The molecule has 0 saturated carbocycles. The van der Waals surface area contributed by atoms with Crippen LogP contribution in [0.15, 0.2) is 22.7 Å². The molecular weight excluding hydrogens is 303 g/mol. The maximum atomic E-state index is 13.0. The Morgan fingerprint density at radius 1 is 1.33 bits per heavy atom. The van der Waals surface area contributed by atoms with Gasteiger partial charge in [-0.1, -0.05) is 15.9 Å². The lowest BCUT2D eigenvalue weighted by molar-refractivity contribution is -0.119. The van der Waals surface area contributed by atoms with Gasteiger partial charge in [-0.2, -0.15) is 0 Å². The molecule has 0 heterocycles. The fraction of sp³-hybridized carbons (Fsp3) is 0.462. The number of carbonyl (C=O) groups excluding carboxylic acids is 1. The van der Waals surface area contributed by atoms with Gasteiger partial charge in [0.1, 0.15) is 11.6 Å². The van der Waals surface area contributed by atoms with Gasteiger partial charge in [0, 0.05) is 24.4 Å². The van der Waals surface area contributed by atoms with Crippen molar-refractivity contribution in [2.45, 2.75) is 12.8 Å². The van der Waals surface area contributed by atoms with Crippen LogP contribution < -0.4 is 0 Å². The average molecular weight is 319 g/mol. The second-order valence-electron chi connectivity index (χ2n) is 3.81. The van der Waals surface area contributed by atoms with Gasteiger partial charge in [-0.3, -0.25) is 4.79 Å². The molecule has 0 spiro atoms. The number of Topliss-reactive ketones (excluding diaryl/α,β-unsaturated/α-hetero) is 1. The lowest BCUT2D eigenvalue weighted by Gasteiger charge is -2.05. The van der Waals surface area contributed by atoms with E-state index in [1.54, 1.807) is 13.2 Å². The zero-order valence-corrected chi connectivity index (χ0v) is 11.8. The highest BCUT2D eigenvalue weighted by Crippen LogP contribution is 2.18. The van der Waals surface area contributed by atoms with Crippen LogP contribution in [-0.4, -0.2) is 32.7 Å². The number of benzene rings is 1. The molecule has 5 heteroatoms. The zero-order valence-electron chi connectivity index (χ0n) is 10.2. The minimum absolute atomic E-state index is 0.0266. The van der Waals surface area contributed by atoms with E-state index < -0.39 is 0 Å². The van der Waals surface area contributed by atoms with Crippen molar-refractivity contribution in [3.63, 3.8) is 0 Å². The molecule has 0 radical (unpaired) electrons. The summed E-state index contributed by atoms with van der Waals surface area (Å²) in [6, 6.07) is 4.33. The standard InChI is InChI=1S/C13H16BrFO3/c1-17-6-7-18-5-4-12(16)9-10-8-11(15)2-3-13(10)14/h2-3,8H,4-7,9H2,1H3. The molecule has 3 nitrogen and oxygen atoms in total. The van der Waals surface area contributed by atoms with Gasteiger partial charge in [-0.25, -0.2) is 4.39 Å². The van der Waals surface area contributed by atoms with Crippen LogP contribution in [0.3, 0.4) is 0 Å². The van der Waals surface area contributed by atoms with Crippen LogP contribution in [0.1, 0.15) is 12.0 Å². The van der Waals surface area contributed by atoms with Crippen LogP contribution >= 0.6 is 15.9 Å². The molecule has 0 amide bonds. The van der Waals surface area contributed by atoms with E-state index in [2.05, 4.69) is 15.9 Å². The molecule has 0 atom stereocenters. The van der Waals surface area contributed by atoms with Crippen molar-refractivity contribution in [3.05, 3.63) is 34.1 Å². The van der Waals surface area contributed by atoms with E-state index in [4.69, 9.17) is 9.47 Å². The molecule has 100 valence electrons. The molecule has 0 unspecified atom stereocenters. The summed E-state index contributed by atoms with van der Waals surface area (Å²) in [5, 5.41) is 0. The van der Waals surface area contributed by atoms with E-state index in [1.807, 2.05) is 0 Å². The Kier molecular flexibility index (Phi) is 7.08. The van der Waals surface area contributed by atoms with Crippen molar-refractivity contribution in [3.8, 4) is 0 Å². The van der Waals surface area contributed by atoms with Gasteiger partial charge in [-0.05, 0) is 23.8 Å². The second kappa shape index (κ2) is 8.34. The summed E-state index contributed by atoms with van der Waals surface area (Å²) in [6.45, 7) is 1.37. The molecule has 0 aliphatic carbocycles. The highest BCUT2D eigenvalue weighted by molar-refractivity contribution is 9.10. The summed E-state index contributed by atoms with van der Waals surface area (Å²) < 4.78 is 23.8. The number of rotatable bonds is 8. The lowest BCUT2D eigenvalue weighted by atomic mass is 10.1. The zero-order chi connectivity index (χ0) is 13.4. The van der Waals surface area contributed by atoms with Gasteiger partial charge in [0.15, 0.2) is 0 Å². The molecule has 0 fully saturated rings. The summed E-state index contributed by atoms with van der Waals surface area (Å²) in [5.41, 5.74) is 0.664. The van der Waals surface area contributed by atoms with Crippen LogP contribution in [0, 0.1) is 5.82 Å². The first-order valence-corrected chi connectivity index (χ1v) is 6.45. The largest absolute Gasteiger partial charge is 0.382 e. The number of ketones is 1. The van der Waals surface area contributed by atoms with Gasteiger partial charge in [0.2, 0.25) is 0 Å². The molecule has 18 heavy (non-hydrogen) atoms. The summed E-state index contributed by atoms with van der Waals surface area (Å²) in [5.74, 6) is -0.309. The molecule has 1 aromatic rings. The van der Waals surface area contributed by atoms with Crippen LogP contribution in [0.2, 0.25) is 0 Å². The fourth-order valence-electron chi connectivity index (χ4n) is 1.41. The number of hydrogen-bond acceptors (Lipinski definition) is 3. The highest BCUT2D eigenvalue weighted by atomic mass is 79.9. The molecule has 1 rings (SSSR count). The molecule has 1 aromatic carbocycles. The van der Waals surface area contributed by atoms with Gasteiger partial charge >= 0.3 is 0 Å². The minimum atomic E-state index is -0.336. The summed E-state index contributed by atoms with van der Waals surface area (Å²) in [7, 11) is 1.59. The summed E-state index contributed by atoms with van der Waals surface area (Å²) >= 11 is 3.29. The van der Waals surface area contributed by atoms with Gasteiger partial charge in [0.05, 0.1) is 19.8 Å². The number of ether oxygens (including phenoxy) is 2. The second-order valence-corrected chi connectivity index (χ2v) is 4.66. The van der Waals surface area contributed by atoms with Crippen LogP contribution in [0.25, 0.3) is 0 Å². The molecule has 0 aromatic heterocycles. The Hall–Kier alpha value is -0.780. The average Bonchev–Trinajstić information content (AvgIpc) is 2.33. The molecule has 0 saturated heterocycles. The van der Waals surface area contributed by atoms with Crippen LogP contribution in [0.5, 0.6) is 0 Å². The number of halogens is 2.